The van der Waals surface area contributed by atoms with E-state index in [9.17, 15) is 4.79 Å². The van der Waals surface area contributed by atoms with Gasteiger partial charge in [-0.1, -0.05) is 0 Å². The molecule has 0 spiro atoms. The van der Waals surface area contributed by atoms with Crippen molar-refractivity contribution in [3.8, 4) is 0 Å². The van der Waals surface area contributed by atoms with Gasteiger partial charge in [0.25, 0.3) is 0 Å². The number of rotatable bonds is 5. The summed E-state index contributed by atoms with van der Waals surface area (Å²) in [5.41, 5.74) is 0.990. The van der Waals surface area contributed by atoms with Crippen LogP contribution in [-0.2, 0) is 20.7 Å². The zero-order valence-electron chi connectivity index (χ0n) is 13.3. The minimum atomic E-state index is 0.115. The molecule has 3 rings (SSSR count). The fourth-order valence-corrected chi connectivity index (χ4v) is 2.86. The van der Waals surface area contributed by atoms with Gasteiger partial charge in [-0.3, -0.25) is 9.78 Å². The monoisotopic (exact) mass is 317 g/mol. The third-order valence-corrected chi connectivity index (χ3v) is 4.09. The summed E-state index contributed by atoms with van der Waals surface area (Å²) in [4.78, 5) is 21.0. The Morgan fingerprint density at radius 3 is 2.04 bits per heavy atom. The van der Waals surface area contributed by atoms with Gasteiger partial charge in [0.1, 0.15) is 5.82 Å². The third-order valence-electron chi connectivity index (χ3n) is 4.09. The maximum absolute atomic E-state index is 12.5. The van der Waals surface area contributed by atoms with Crippen LogP contribution in [0.15, 0.2) is 36.4 Å². The highest BCUT2D eigenvalue weighted by Gasteiger charge is 2.22. The van der Waals surface area contributed by atoms with Crippen molar-refractivity contribution >= 4 is 5.78 Å². The predicted molar refractivity (Wildman–Crippen MR) is 85.8 cm³/mol. The molecule has 2 fully saturated rings. The number of ether oxygens (including phenoxy) is 2. The molecule has 0 atom stereocenters. The van der Waals surface area contributed by atoms with Crippen LogP contribution in [0.5, 0.6) is 0 Å². The minimum Gasteiger partial charge on any atom is -0.378 e. The van der Waals surface area contributed by atoms with Crippen molar-refractivity contribution in [3.63, 3.8) is 0 Å². The van der Waals surface area contributed by atoms with Gasteiger partial charge in [0.2, 0.25) is 0 Å². The summed E-state index contributed by atoms with van der Waals surface area (Å²) in [5.74, 6) is 1.12. The summed E-state index contributed by atoms with van der Waals surface area (Å²) in [6, 6.07) is 3.77. The molecule has 124 valence electrons. The second-order valence-corrected chi connectivity index (χ2v) is 5.70. The smallest absolute Gasteiger partial charge is 0.163 e. The maximum Gasteiger partial charge on any atom is 0.163 e. The lowest BCUT2D eigenvalue weighted by molar-refractivity contribution is -0.114. The Labute approximate surface area is 136 Å². The first-order chi connectivity index (χ1) is 11.3. The van der Waals surface area contributed by atoms with Crippen LogP contribution in [0.1, 0.15) is 5.56 Å². The molecular weight excluding hydrogens is 294 g/mol. The molecule has 0 aliphatic carbocycles. The summed E-state index contributed by atoms with van der Waals surface area (Å²) in [7, 11) is 0. The van der Waals surface area contributed by atoms with E-state index in [0.29, 0.717) is 32.8 Å². The quantitative estimate of drug-likeness (QED) is 0.745. The average molecular weight is 317 g/mol. The molecule has 2 aliphatic rings. The number of nitrogens with zero attached hydrogens (tertiary/aromatic N) is 3. The van der Waals surface area contributed by atoms with Crippen LogP contribution in [0, 0.1) is 0 Å². The molecule has 3 heterocycles. The normalized spacial score (nSPS) is 18.6. The fraction of sp³-hybridized carbons (Fsp3) is 0.529. The molecule has 1 aromatic rings. The molecule has 1 aromatic heterocycles. The van der Waals surface area contributed by atoms with Crippen LogP contribution in [0.25, 0.3) is 0 Å². The zero-order valence-corrected chi connectivity index (χ0v) is 13.3. The fourth-order valence-electron chi connectivity index (χ4n) is 2.86. The highest BCUT2D eigenvalue weighted by atomic mass is 16.5. The summed E-state index contributed by atoms with van der Waals surface area (Å²) >= 11 is 0. The van der Waals surface area contributed by atoms with E-state index in [2.05, 4.69) is 14.8 Å². The Morgan fingerprint density at radius 1 is 1.00 bits per heavy atom. The van der Waals surface area contributed by atoms with Crippen LogP contribution in [0.4, 0.5) is 0 Å². The van der Waals surface area contributed by atoms with E-state index < -0.39 is 0 Å². The van der Waals surface area contributed by atoms with E-state index in [1.807, 2.05) is 12.1 Å². The highest BCUT2D eigenvalue weighted by Crippen LogP contribution is 2.16. The van der Waals surface area contributed by atoms with Crippen molar-refractivity contribution in [2.45, 2.75) is 6.42 Å². The zero-order chi connectivity index (χ0) is 15.9. The third kappa shape index (κ3) is 4.53. The van der Waals surface area contributed by atoms with Crippen molar-refractivity contribution in [2.75, 3.05) is 52.6 Å². The Bertz CT molecular complexity index is 515. The first kappa shape index (κ1) is 16.0. The predicted octanol–water partition coefficient (Wildman–Crippen LogP) is 0.699. The molecule has 0 N–H and O–H groups in total. The molecule has 2 saturated heterocycles. The molecule has 0 amide bonds. The largest absolute Gasteiger partial charge is 0.378 e. The Kier molecular flexibility index (Phi) is 5.60. The Hall–Kier alpha value is -1.92. The summed E-state index contributed by atoms with van der Waals surface area (Å²) < 4.78 is 10.9. The summed E-state index contributed by atoms with van der Waals surface area (Å²) in [5, 5.41) is 0. The van der Waals surface area contributed by atoms with E-state index >= 15 is 0 Å². The molecule has 0 saturated carbocycles. The molecule has 2 aliphatic heterocycles. The highest BCUT2D eigenvalue weighted by molar-refractivity contribution is 5.91. The van der Waals surface area contributed by atoms with E-state index in [-0.39, 0.29) is 5.78 Å². The molecule has 0 radical (unpaired) electrons. The van der Waals surface area contributed by atoms with Gasteiger partial charge < -0.3 is 19.3 Å². The van der Waals surface area contributed by atoms with Crippen LogP contribution in [-0.4, -0.2) is 73.2 Å². The number of carbonyl (C=O) groups is 1. The van der Waals surface area contributed by atoms with E-state index in [1.165, 1.54) is 0 Å². The molecular formula is C17H23N3O3. The average Bonchev–Trinajstić information content (AvgIpc) is 2.62. The van der Waals surface area contributed by atoms with Gasteiger partial charge in [-0.05, 0) is 17.7 Å². The first-order valence-electron chi connectivity index (χ1n) is 8.12. The van der Waals surface area contributed by atoms with E-state index in [1.54, 1.807) is 18.5 Å². The lowest BCUT2D eigenvalue weighted by atomic mass is 10.1. The second kappa shape index (κ2) is 8.08. The van der Waals surface area contributed by atoms with Crippen molar-refractivity contribution in [1.29, 1.82) is 0 Å². The van der Waals surface area contributed by atoms with Crippen LogP contribution in [0.3, 0.4) is 0 Å². The Balaban J connectivity index is 1.73. The number of hydrogen-bond acceptors (Lipinski definition) is 6. The molecule has 23 heavy (non-hydrogen) atoms. The van der Waals surface area contributed by atoms with Gasteiger partial charge in [-0.15, -0.1) is 0 Å². The van der Waals surface area contributed by atoms with E-state index in [4.69, 9.17) is 9.47 Å². The number of hydrogen-bond donors (Lipinski definition) is 0. The van der Waals surface area contributed by atoms with Crippen LogP contribution in [0.2, 0.25) is 0 Å². The first-order valence-corrected chi connectivity index (χ1v) is 8.12. The van der Waals surface area contributed by atoms with Crippen LogP contribution >= 0.6 is 0 Å². The number of carbonyl (C=O) groups excluding carboxylic acids is 1. The Morgan fingerprint density at radius 2 is 1.52 bits per heavy atom. The van der Waals surface area contributed by atoms with E-state index in [0.717, 1.165) is 37.6 Å². The second-order valence-electron chi connectivity index (χ2n) is 5.70. The number of ketones is 1. The molecule has 6 nitrogen and oxygen atoms in total. The van der Waals surface area contributed by atoms with Crippen molar-refractivity contribution in [2.24, 2.45) is 0 Å². The maximum atomic E-state index is 12.5. The number of allylic oxidation sites excluding steroid dienone is 1. The topological polar surface area (TPSA) is 54.9 Å². The standard InChI is InChI=1S/C17H23N3O3/c21-16(13-15-1-3-18-4-2-15)14-17(19-5-9-22-10-6-19)20-7-11-23-12-8-20/h1-4,14H,5-13H2. The molecule has 0 aromatic carbocycles. The van der Waals surface area contributed by atoms with Crippen molar-refractivity contribution in [1.82, 2.24) is 14.8 Å². The number of aromatic nitrogens is 1. The van der Waals surface area contributed by atoms with Gasteiger partial charge in [-0.25, -0.2) is 0 Å². The van der Waals surface area contributed by atoms with Gasteiger partial charge >= 0.3 is 0 Å². The molecule has 0 unspecified atom stereocenters. The van der Waals surface area contributed by atoms with Gasteiger partial charge in [0.15, 0.2) is 5.78 Å². The van der Waals surface area contributed by atoms with Crippen molar-refractivity contribution < 1.29 is 14.3 Å². The molecule has 6 heteroatoms. The van der Waals surface area contributed by atoms with Crippen molar-refractivity contribution in [3.05, 3.63) is 42.0 Å². The summed E-state index contributed by atoms with van der Waals surface area (Å²) in [6.07, 6.45) is 5.63. The van der Waals surface area contributed by atoms with Gasteiger partial charge in [0.05, 0.1) is 26.4 Å². The number of pyridine rings is 1. The lowest BCUT2D eigenvalue weighted by Gasteiger charge is -2.39. The molecule has 0 bridgehead atoms. The van der Waals surface area contributed by atoms with Gasteiger partial charge in [0, 0.05) is 51.1 Å². The van der Waals surface area contributed by atoms with Gasteiger partial charge in [-0.2, -0.15) is 0 Å². The number of morpholine rings is 2. The SMILES string of the molecule is O=C(C=C(N1CCOCC1)N1CCOCC1)Cc1ccncc1. The lowest BCUT2D eigenvalue weighted by Crippen LogP contribution is -2.46. The summed E-state index contributed by atoms with van der Waals surface area (Å²) in [6.45, 7) is 6.13. The minimum absolute atomic E-state index is 0.115. The van der Waals surface area contributed by atoms with Crippen LogP contribution < -0.4 is 0 Å².